The summed E-state index contributed by atoms with van der Waals surface area (Å²) in [5.41, 5.74) is 2.02. The van der Waals surface area contributed by atoms with E-state index in [1.165, 1.54) is 17.0 Å². The molecule has 0 unspecified atom stereocenters. The van der Waals surface area contributed by atoms with E-state index in [-0.39, 0.29) is 18.0 Å². The van der Waals surface area contributed by atoms with Crippen LogP contribution in [0.15, 0.2) is 53.7 Å². The molecule has 0 spiro atoms. The lowest BCUT2D eigenvalue weighted by Gasteiger charge is -2.08. The summed E-state index contributed by atoms with van der Waals surface area (Å²) in [4.78, 5) is 32.4. The summed E-state index contributed by atoms with van der Waals surface area (Å²) in [7, 11) is 0. The predicted octanol–water partition coefficient (Wildman–Crippen LogP) is 1.99. The minimum Gasteiger partial charge on any atom is -0.325 e. The third kappa shape index (κ3) is 3.42. The Hall–Kier alpha value is -3.02. The first kappa shape index (κ1) is 14.9. The Bertz CT molecular complexity index is 918. The molecule has 1 N–H and O–H groups in total. The Kier molecular flexibility index (Phi) is 4.14. The number of rotatable bonds is 4. The largest absolute Gasteiger partial charge is 0.325 e. The second kappa shape index (κ2) is 6.39. The fourth-order valence-corrected chi connectivity index (χ4v) is 2.28. The molecule has 0 fully saturated rings. The van der Waals surface area contributed by atoms with E-state index >= 15 is 0 Å². The molecule has 0 aliphatic rings. The topological polar surface area (TPSA) is 76.9 Å². The van der Waals surface area contributed by atoms with Gasteiger partial charge in [0.05, 0.1) is 11.8 Å². The molecule has 6 heteroatoms. The van der Waals surface area contributed by atoms with Gasteiger partial charge in [-0.15, -0.1) is 0 Å². The zero-order valence-electron chi connectivity index (χ0n) is 12.7. The van der Waals surface area contributed by atoms with Crippen LogP contribution in [0, 0.1) is 0 Å². The number of amides is 1. The monoisotopic (exact) mass is 308 g/mol. The average molecular weight is 308 g/mol. The number of hydrogen-bond donors (Lipinski definition) is 1. The van der Waals surface area contributed by atoms with Crippen molar-refractivity contribution < 1.29 is 4.79 Å². The Balaban J connectivity index is 1.74. The Morgan fingerprint density at radius 1 is 1.22 bits per heavy atom. The van der Waals surface area contributed by atoms with Crippen LogP contribution in [0.1, 0.15) is 12.6 Å². The highest BCUT2D eigenvalue weighted by Gasteiger charge is 2.07. The SMILES string of the molecule is CCc1cc(=O)n(CC(=O)Nc2ccc3ncccc3c2)cn1. The fraction of sp³-hybridized carbons (Fsp3) is 0.176. The Morgan fingerprint density at radius 3 is 2.87 bits per heavy atom. The highest BCUT2D eigenvalue weighted by Crippen LogP contribution is 2.16. The number of aryl methyl sites for hydroxylation is 1. The van der Waals surface area contributed by atoms with Gasteiger partial charge >= 0.3 is 0 Å². The van der Waals surface area contributed by atoms with E-state index in [1.54, 1.807) is 12.3 Å². The van der Waals surface area contributed by atoms with Gasteiger partial charge < -0.3 is 5.32 Å². The third-order valence-electron chi connectivity index (χ3n) is 3.50. The minimum atomic E-state index is -0.276. The van der Waals surface area contributed by atoms with Crippen LogP contribution in [-0.2, 0) is 17.8 Å². The van der Waals surface area contributed by atoms with E-state index in [0.717, 1.165) is 10.9 Å². The Labute approximate surface area is 132 Å². The summed E-state index contributed by atoms with van der Waals surface area (Å²) in [6.07, 6.45) is 3.82. The molecule has 0 bridgehead atoms. The van der Waals surface area contributed by atoms with Gasteiger partial charge in [-0.25, -0.2) is 4.98 Å². The molecule has 6 nitrogen and oxygen atoms in total. The number of nitrogens with one attached hydrogen (secondary N) is 1. The lowest BCUT2D eigenvalue weighted by atomic mass is 10.2. The molecule has 0 saturated heterocycles. The van der Waals surface area contributed by atoms with E-state index in [0.29, 0.717) is 17.8 Å². The van der Waals surface area contributed by atoms with Crippen molar-refractivity contribution in [3.05, 3.63) is 65.0 Å². The minimum absolute atomic E-state index is 0.0685. The van der Waals surface area contributed by atoms with E-state index in [1.807, 2.05) is 31.2 Å². The molecule has 0 radical (unpaired) electrons. The van der Waals surface area contributed by atoms with Gasteiger partial charge in [0.1, 0.15) is 6.54 Å². The van der Waals surface area contributed by atoms with Gasteiger partial charge in [-0.2, -0.15) is 0 Å². The number of nitrogens with zero attached hydrogens (tertiary/aromatic N) is 3. The molecule has 0 atom stereocenters. The first-order valence-electron chi connectivity index (χ1n) is 7.35. The second-order valence-electron chi connectivity index (χ2n) is 5.16. The predicted molar refractivity (Wildman–Crippen MR) is 88.2 cm³/mol. The fourth-order valence-electron chi connectivity index (χ4n) is 2.28. The average Bonchev–Trinajstić information content (AvgIpc) is 2.56. The molecule has 23 heavy (non-hydrogen) atoms. The zero-order chi connectivity index (χ0) is 16.2. The van der Waals surface area contributed by atoms with Crippen LogP contribution in [0.2, 0.25) is 0 Å². The van der Waals surface area contributed by atoms with Crippen molar-refractivity contribution in [3.63, 3.8) is 0 Å². The molecule has 0 aliphatic carbocycles. The van der Waals surface area contributed by atoms with Crippen LogP contribution in [-0.4, -0.2) is 20.4 Å². The number of benzene rings is 1. The van der Waals surface area contributed by atoms with Crippen molar-refractivity contribution in [3.8, 4) is 0 Å². The van der Waals surface area contributed by atoms with Crippen molar-refractivity contribution in [1.29, 1.82) is 0 Å². The van der Waals surface area contributed by atoms with Crippen molar-refractivity contribution in [2.75, 3.05) is 5.32 Å². The highest BCUT2D eigenvalue weighted by molar-refractivity contribution is 5.93. The molecular formula is C17H16N4O2. The number of carbonyl (C=O) groups is 1. The van der Waals surface area contributed by atoms with Gasteiger partial charge in [0.2, 0.25) is 5.91 Å². The van der Waals surface area contributed by atoms with E-state index in [9.17, 15) is 9.59 Å². The summed E-state index contributed by atoms with van der Waals surface area (Å²) in [5, 5.41) is 3.73. The number of pyridine rings is 1. The highest BCUT2D eigenvalue weighted by atomic mass is 16.2. The number of hydrogen-bond acceptors (Lipinski definition) is 4. The summed E-state index contributed by atoms with van der Waals surface area (Å²) in [5.74, 6) is -0.276. The normalized spacial score (nSPS) is 10.7. The molecular weight excluding hydrogens is 292 g/mol. The molecule has 1 amide bonds. The lowest BCUT2D eigenvalue weighted by Crippen LogP contribution is -2.27. The van der Waals surface area contributed by atoms with Gasteiger partial charge in [-0.1, -0.05) is 13.0 Å². The van der Waals surface area contributed by atoms with Gasteiger partial charge in [-0.05, 0) is 30.7 Å². The first-order chi connectivity index (χ1) is 11.2. The molecule has 1 aromatic carbocycles. The van der Waals surface area contributed by atoms with Crippen LogP contribution in [0.5, 0.6) is 0 Å². The maximum absolute atomic E-state index is 12.1. The van der Waals surface area contributed by atoms with E-state index in [2.05, 4.69) is 15.3 Å². The van der Waals surface area contributed by atoms with Crippen molar-refractivity contribution in [2.24, 2.45) is 0 Å². The zero-order valence-corrected chi connectivity index (χ0v) is 12.7. The smallest absolute Gasteiger partial charge is 0.253 e. The summed E-state index contributed by atoms with van der Waals surface area (Å²) in [6.45, 7) is 1.86. The molecule has 0 aliphatic heterocycles. The second-order valence-corrected chi connectivity index (χ2v) is 5.16. The maximum atomic E-state index is 12.1. The summed E-state index contributed by atoms with van der Waals surface area (Å²) < 4.78 is 1.29. The van der Waals surface area contributed by atoms with Crippen LogP contribution in [0.4, 0.5) is 5.69 Å². The Morgan fingerprint density at radius 2 is 2.09 bits per heavy atom. The van der Waals surface area contributed by atoms with E-state index in [4.69, 9.17) is 0 Å². The molecule has 2 heterocycles. The third-order valence-corrected chi connectivity index (χ3v) is 3.50. The first-order valence-corrected chi connectivity index (χ1v) is 7.35. The van der Waals surface area contributed by atoms with Gasteiger partial charge in [0.25, 0.3) is 5.56 Å². The molecule has 3 aromatic rings. The molecule has 3 rings (SSSR count). The molecule has 2 aromatic heterocycles. The van der Waals surface area contributed by atoms with E-state index < -0.39 is 0 Å². The number of carbonyl (C=O) groups excluding carboxylic acids is 1. The van der Waals surface area contributed by atoms with Crippen LogP contribution in [0.25, 0.3) is 10.9 Å². The van der Waals surface area contributed by atoms with Crippen molar-refractivity contribution in [2.45, 2.75) is 19.9 Å². The number of aromatic nitrogens is 3. The van der Waals surface area contributed by atoms with Crippen molar-refractivity contribution >= 4 is 22.5 Å². The van der Waals surface area contributed by atoms with Gasteiger partial charge in [-0.3, -0.25) is 19.1 Å². The number of anilines is 1. The van der Waals surface area contributed by atoms with Gasteiger partial charge in [0.15, 0.2) is 0 Å². The van der Waals surface area contributed by atoms with Crippen LogP contribution < -0.4 is 10.9 Å². The quantitative estimate of drug-likeness (QED) is 0.799. The van der Waals surface area contributed by atoms with Crippen LogP contribution >= 0.6 is 0 Å². The van der Waals surface area contributed by atoms with Crippen LogP contribution in [0.3, 0.4) is 0 Å². The number of fused-ring (bicyclic) bond motifs is 1. The lowest BCUT2D eigenvalue weighted by molar-refractivity contribution is -0.116. The molecule has 0 saturated carbocycles. The summed E-state index contributed by atoms with van der Waals surface area (Å²) >= 11 is 0. The standard InChI is InChI=1S/C17H16N4O2/c1-2-13-9-17(23)21(11-19-13)10-16(22)20-14-5-6-15-12(8-14)4-3-7-18-15/h3-9,11H,2,10H2,1H3,(H,20,22). The maximum Gasteiger partial charge on any atom is 0.253 e. The van der Waals surface area contributed by atoms with Gasteiger partial charge in [0, 0.05) is 29.0 Å². The molecule has 116 valence electrons. The summed E-state index contributed by atoms with van der Waals surface area (Å²) in [6, 6.07) is 10.7. The van der Waals surface area contributed by atoms with Crippen molar-refractivity contribution in [1.82, 2.24) is 14.5 Å².